The minimum absolute atomic E-state index is 0.341. The van der Waals surface area contributed by atoms with E-state index >= 15 is 0 Å². The minimum Gasteiger partial charge on any atom is -0.495 e. The van der Waals surface area contributed by atoms with Crippen molar-refractivity contribution >= 4 is 15.9 Å². The summed E-state index contributed by atoms with van der Waals surface area (Å²) in [6.07, 6.45) is 4.91. The van der Waals surface area contributed by atoms with Gasteiger partial charge in [0.1, 0.15) is 5.75 Å². The number of halogens is 1. The van der Waals surface area contributed by atoms with E-state index in [1.54, 1.807) is 7.11 Å². The lowest BCUT2D eigenvalue weighted by molar-refractivity contribution is 0.402. The third kappa shape index (κ3) is 2.36. The van der Waals surface area contributed by atoms with Gasteiger partial charge in [0, 0.05) is 0 Å². The lowest BCUT2D eigenvalue weighted by atomic mass is 9.87. The summed E-state index contributed by atoms with van der Waals surface area (Å²) in [4.78, 5) is 0. The van der Waals surface area contributed by atoms with Crippen LogP contribution in [0.2, 0.25) is 0 Å². The molecule has 1 aromatic carbocycles. The first-order chi connectivity index (χ1) is 8.19. The number of ether oxygens (including phenoxy) is 1. The molecule has 0 saturated heterocycles. The van der Waals surface area contributed by atoms with Crippen molar-refractivity contribution < 1.29 is 4.74 Å². The van der Waals surface area contributed by atoms with Crippen LogP contribution in [0, 0.1) is 0 Å². The van der Waals surface area contributed by atoms with Crippen molar-refractivity contribution in [3.05, 3.63) is 27.2 Å². The smallest absolute Gasteiger partial charge is 0.136 e. The molecule has 1 aliphatic rings. The van der Waals surface area contributed by atoms with Crippen molar-refractivity contribution in [2.45, 2.75) is 38.5 Å². The van der Waals surface area contributed by atoms with E-state index in [0.29, 0.717) is 12.5 Å². The Bertz CT molecular complexity index is 417. The maximum Gasteiger partial charge on any atom is 0.136 e. The second-order valence-corrected chi connectivity index (χ2v) is 5.59. The second kappa shape index (κ2) is 5.40. The standard InChI is InChI=1S/C14H20BrNO/c1-9(8-16)12-7-10-5-3-4-6-11(10)13(15)14(12)17-2/h7,9H,3-6,8,16H2,1-2H3. The molecule has 0 radical (unpaired) electrons. The van der Waals surface area contributed by atoms with E-state index < -0.39 is 0 Å². The van der Waals surface area contributed by atoms with E-state index in [1.807, 2.05) is 0 Å². The van der Waals surface area contributed by atoms with Crippen LogP contribution in [-0.2, 0) is 12.8 Å². The third-order valence-corrected chi connectivity index (χ3v) is 4.49. The highest BCUT2D eigenvalue weighted by atomic mass is 79.9. The fourth-order valence-corrected chi connectivity index (χ4v) is 3.40. The molecular formula is C14H20BrNO. The SMILES string of the molecule is COc1c(C(C)CN)cc2c(c1Br)CCCC2. The Balaban J connectivity index is 2.55. The van der Waals surface area contributed by atoms with Gasteiger partial charge in [0.25, 0.3) is 0 Å². The molecule has 0 saturated carbocycles. The number of fused-ring (bicyclic) bond motifs is 1. The maximum absolute atomic E-state index is 5.78. The predicted octanol–water partition coefficient (Wildman–Crippen LogP) is 3.40. The maximum atomic E-state index is 5.78. The van der Waals surface area contributed by atoms with Crippen molar-refractivity contribution in [3.63, 3.8) is 0 Å². The van der Waals surface area contributed by atoms with E-state index in [-0.39, 0.29) is 0 Å². The molecule has 3 heteroatoms. The van der Waals surface area contributed by atoms with Crippen LogP contribution in [0.1, 0.15) is 42.4 Å². The Hall–Kier alpha value is -0.540. The molecule has 1 atom stereocenters. The van der Waals surface area contributed by atoms with Crippen LogP contribution in [0.15, 0.2) is 10.5 Å². The Kier molecular flexibility index (Phi) is 4.10. The molecule has 0 aromatic heterocycles. The summed E-state index contributed by atoms with van der Waals surface area (Å²) in [6.45, 7) is 2.81. The molecule has 1 aliphatic carbocycles. The minimum atomic E-state index is 0.341. The number of hydrogen-bond acceptors (Lipinski definition) is 2. The summed E-state index contributed by atoms with van der Waals surface area (Å²) in [5.41, 5.74) is 9.92. The van der Waals surface area contributed by atoms with Crippen molar-refractivity contribution in [3.8, 4) is 5.75 Å². The first-order valence-corrected chi connectivity index (χ1v) is 7.06. The summed E-state index contributed by atoms with van der Waals surface area (Å²) in [5, 5.41) is 0. The highest BCUT2D eigenvalue weighted by molar-refractivity contribution is 9.10. The van der Waals surface area contributed by atoms with Gasteiger partial charge in [-0.3, -0.25) is 0 Å². The van der Waals surface area contributed by atoms with Crippen molar-refractivity contribution in [1.29, 1.82) is 0 Å². The first kappa shape index (κ1) is 12.9. The Morgan fingerprint density at radius 2 is 2.12 bits per heavy atom. The number of methoxy groups -OCH3 is 1. The molecule has 0 bridgehead atoms. The number of aryl methyl sites for hydroxylation is 1. The largest absolute Gasteiger partial charge is 0.495 e. The highest BCUT2D eigenvalue weighted by Crippen LogP contribution is 2.40. The normalized spacial score (nSPS) is 16.5. The quantitative estimate of drug-likeness (QED) is 0.928. The zero-order valence-electron chi connectivity index (χ0n) is 10.6. The van der Waals surface area contributed by atoms with Crippen LogP contribution < -0.4 is 10.5 Å². The molecule has 1 unspecified atom stereocenters. The average molecular weight is 298 g/mol. The second-order valence-electron chi connectivity index (χ2n) is 4.79. The monoisotopic (exact) mass is 297 g/mol. The van der Waals surface area contributed by atoms with Crippen molar-refractivity contribution in [2.24, 2.45) is 5.73 Å². The van der Waals surface area contributed by atoms with Gasteiger partial charge in [-0.2, -0.15) is 0 Å². The van der Waals surface area contributed by atoms with Gasteiger partial charge >= 0.3 is 0 Å². The van der Waals surface area contributed by atoms with Crippen LogP contribution in [-0.4, -0.2) is 13.7 Å². The highest BCUT2D eigenvalue weighted by Gasteiger charge is 2.21. The molecule has 0 amide bonds. The van der Waals surface area contributed by atoms with Gasteiger partial charge < -0.3 is 10.5 Å². The van der Waals surface area contributed by atoms with E-state index in [1.165, 1.54) is 36.0 Å². The molecule has 2 N–H and O–H groups in total. The van der Waals surface area contributed by atoms with Crippen molar-refractivity contribution in [2.75, 3.05) is 13.7 Å². The van der Waals surface area contributed by atoms with E-state index in [9.17, 15) is 0 Å². The number of hydrogen-bond donors (Lipinski definition) is 1. The van der Waals surface area contributed by atoms with Gasteiger partial charge in [0.05, 0.1) is 11.6 Å². The number of rotatable bonds is 3. The topological polar surface area (TPSA) is 35.2 Å². The molecule has 0 fully saturated rings. The van der Waals surface area contributed by atoms with Crippen LogP contribution >= 0.6 is 15.9 Å². The molecule has 1 aromatic rings. The van der Waals surface area contributed by atoms with Gasteiger partial charge in [-0.25, -0.2) is 0 Å². The fourth-order valence-electron chi connectivity index (χ4n) is 2.56. The summed E-state index contributed by atoms with van der Waals surface area (Å²) in [7, 11) is 1.74. The van der Waals surface area contributed by atoms with Crippen LogP contribution in [0.5, 0.6) is 5.75 Å². The number of benzene rings is 1. The van der Waals surface area contributed by atoms with Crippen LogP contribution in [0.3, 0.4) is 0 Å². The van der Waals surface area contributed by atoms with E-state index in [0.717, 1.165) is 16.6 Å². The Labute approximate surface area is 112 Å². The lowest BCUT2D eigenvalue weighted by Crippen LogP contribution is -2.13. The lowest BCUT2D eigenvalue weighted by Gasteiger charge is -2.23. The number of nitrogens with two attached hydrogens (primary N) is 1. The van der Waals surface area contributed by atoms with Crippen LogP contribution in [0.4, 0.5) is 0 Å². The Morgan fingerprint density at radius 1 is 1.41 bits per heavy atom. The van der Waals surface area contributed by atoms with E-state index in [4.69, 9.17) is 10.5 Å². The molecule has 2 rings (SSSR count). The molecule has 0 heterocycles. The first-order valence-electron chi connectivity index (χ1n) is 6.27. The molecular weight excluding hydrogens is 278 g/mol. The molecule has 0 aliphatic heterocycles. The van der Waals surface area contributed by atoms with Gasteiger partial charge in [-0.15, -0.1) is 0 Å². The zero-order chi connectivity index (χ0) is 12.4. The zero-order valence-corrected chi connectivity index (χ0v) is 12.1. The summed E-state index contributed by atoms with van der Waals surface area (Å²) < 4.78 is 6.71. The van der Waals surface area contributed by atoms with Gasteiger partial charge in [0.15, 0.2) is 0 Å². The van der Waals surface area contributed by atoms with Gasteiger partial charge in [0.2, 0.25) is 0 Å². The Morgan fingerprint density at radius 3 is 2.76 bits per heavy atom. The molecule has 0 spiro atoms. The van der Waals surface area contributed by atoms with E-state index in [2.05, 4.69) is 28.9 Å². The molecule has 94 valence electrons. The third-order valence-electron chi connectivity index (χ3n) is 3.66. The molecule has 17 heavy (non-hydrogen) atoms. The summed E-state index contributed by atoms with van der Waals surface area (Å²) in [5.74, 6) is 1.32. The fraction of sp³-hybridized carbons (Fsp3) is 0.571. The van der Waals surface area contributed by atoms with Crippen molar-refractivity contribution in [1.82, 2.24) is 0 Å². The van der Waals surface area contributed by atoms with Gasteiger partial charge in [-0.05, 0) is 70.8 Å². The predicted molar refractivity (Wildman–Crippen MR) is 74.8 cm³/mol. The van der Waals surface area contributed by atoms with Crippen LogP contribution in [0.25, 0.3) is 0 Å². The average Bonchev–Trinajstić information content (AvgIpc) is 2.37. The summed E-state index contributed by atoms with van der Waals surface area (Å²) in [6, 6.07) is 2.30. The molecule has 2 nitrogen and oxygen atoms in total. The van der Waals surface area contributed by atoms with Gasteiger partial charge in [-0.1, -0.05) is 13.0 Å². The summed E-state index contributed by atoms with van der Waals surface area (Å²) >= 11 is 3.71.